The smallest absolute Gasteiger partial charge is 0.238 e. The van der Waals surface area contributed by atoms with Crippen molar-refractivity contribution < 1.29 is 14.3 Å². The van der Waals surface area contributed by atoms with Crippen molar-refractivity contribution in [1.29, 1.82) is 0 Å². The standard InChI is InChI=1S/C26H34N2O3S/c1-6-31-22-10-8-7-9-21(22)28-24(30)17-32-25(28)19-11-13-20(14-12-19)27-23(29)15-18(2)16-26(3,4)5/h7-14,18,25H,6,15-17H2,1-5H3,(H,27,29)/t18-,25+/m1/s1. The first-order chi connectivity index (χ1) is 15.2. The van der Waals surface area contributed by atoms with Crippen molar-refractivity contribution >= 4 is 35.0 Å². The van der Waals surface area contributed by atoms with Crippen LogP contribution in [0.1, 0.15) is 58.4 Å². The van der Waals surface area contributed by atoms with E-state index in [9.17, 15) is 9.59 Å². The zero-order chi connectivity index (χ0) is 23.3. The Kier molecular flexibility index (Phi) is 7.88. The molecule has 2 amide bonds. The van der Waals surface area contributed by atoms with Crippen LogP contribution in [0.4, 0.5) is 11.4 Å². The van der Waals surface area contributed by atoms with Gasteiger partial charge in [0.25, 0.3) is 0 Å². The van der Waals surface area contributed by atoms with E-state index in [1.165, 1.54) is 0 Å². The molecule has 1 fully saturated rings. The van der Waals surface area contributed by atoms with Crippen LogP contribution in [0.25, 0.3) is 0 Å². The third kappa shape index (κ3) is 6.28. The fraction of sp³-hybridized carbons (Fsp3) is 0.462. The summed E-state index contributed by atoms with van der Waals surface area (Å²) >= 11 is 1.60. The fourth-order valence-electron chi connectivity index (χ4n) is 4.24. The molecule has 2 aromatic rings. The van der Waals surface area contributed by atoms with Crippen molar-refractivity contribution in [2.75, 3.05) is 22.6 Å². The van der Waals surface area contributed by atoms with Gasteiger partial charge in [0.15, 0.2) is 0 Å². The van der Waals surface area contributed by atoms with Crippen LogP contribution in [-0.4, -0.2) is 24.2 Å². The second kappa shape index (κ2) is 10.4. The lowest BCUT2D eigenvalue weighted by Crippen LogP contribution is -2.28. The van der Waals surface area contributed by atoms with Gasteiger partial charge in [-0.2, -0.15) is 0 Å². The second-order valence-electron chi connectivity index (χ2n) is 9.57. The van der Waals surface area contributed by atoms with Crippen molar-refractivity contribution in [3.05, 3.63) is 54.1 Å². The first kappa shape index (κ1) is 24.2. The zero-order valence-corrected chi connectivity index (χ0v) is 20.5. The van der Waals surface area contributed by atoms with Gasteiger partial charge in [0.05, 0.1) is 18.0 Å². The van der Waals surface area contributed by atoms with Gasteiger partial charge in [-0.3, -0.25) is 14.5 Å². The van der Waals surface area contributed by atoms with Crippen molar-refractivity contribution in [2.24, 2.45) is 11.3 Å². The van der Waals surface area contributed by atoms with Crippen LogP contribution in [-0.2, 0) is 9.59 Å². The molecule has 172 valence electrons. The van der Waals surface area contributed by atoms with Crippen molar-refractivity contribution in [2.45, 2.75) is 52.8 Å². The summed E-state index contributed by atoms with van der Waals surface area (Å²) in [7, 11) is 0. The van der Waals surface area contributed by atoms with E-state index in [0.717, 1.165) is 23.4 Å². The number of thioether (sulfide) groups is 1. The van der Waals surface area contributed by atoms with Crippen molar-refractivity contribution in [3.8, 4) is 5.75 Å². The molecular weight excluding hydrogens is 420 g/mol. The Bertz CT molecular complexity index is 937. The molecule has 1 aliphatic rings. The third-order valence-corrected chi connectivity index (χ3v) is 6.48. The molecule has 1 saturated heterocycles. The van der Waals surface area contributed by atoms with Gasteiger partial charge in [-0.15, -0.1) is 11.8 Å². The van der Waals surface area contributed by atoms with Gasteiger partial charge in [0, 0.05) is 12.1 Å². The van der Waals surface area contributed by atoms with Crippen LogP contribution in [0, 0.1) is 11.3 Å². The van der Waals surface area contributed by atoms with Gasteiger partial charge < -0.3 is 10.1 Å². The summed E-state index contributed by atoms with van der Waals surface area (Å²) in [6, 6.07) is 15.5. The second-order valence-corrected chi connectivity index (χ2v) is 10.6. The Labute approximate surface area is 195 Å². The van der Waals surface area contributed by atoms with E-state index < -0.39 is 0 Å². The number of hydrogen-bond acceptors (Lipinski definition) is 4. The maximum absolute atomic E-state index is 12.7. The van der Waals surface area contributed by atoms with E-state index in [4.69, 9.17) is 4.74 Å². The number of amides is 2. The predicted molar refractivity (Wildman–Crippen MR) is 133 cm³/mol. The normalized spacial score (nSPS) is 17.3. The molecule has 6 heteroatoms. The lowest BCUT2D eigenvalue weighted by Gasteiger charge is -2.26. The Morgan fingerprint density at radius 2 is 1.88 bits per heavy atom. The molecule has 0 saturated carbocycles. The van der Waals surface area contributed by atoms with Crippen LogP contribution >= 0.6 is 11.8 Å². The van der Waals surface area contributed by atoms with Gasteiger partial charge in [0.1, 0.15) is 11.1 Å². The van der Waals surface area contributed by atoms with E-state index in [-0.39, 0.29) is 22.6 Å². The maximum Gasteiger partial charge on any atom is 0.238 e. The van der Waals surface area contributed by atoms with Crippen LogP contribution in [0.5, 0.6) is 5.75 Å². The number of rotatable bonds is 8. The van der Waals surface area contributed by atoms with Gasteiger partial charge >= 0.3 is 0 Å². The summed E-state index contributed by atoms with van der Waals surface area (Å²) in [5, 5.41) is 2.88. The molecule has 2 atom stereocenters. The summed E-state index contributed by atoms with van der Waals surface area (Å²) in [5.74, 6) is 1.57. The quantitative estimate of drug-likeness (QED) is 0.511. The molecular formula is C26H34N2O3S. The molecule has 5 nitrogen and oxygen atoms in total. The van der Waals surface area contributed by atoms with Gasteiger partial charge in [-0.25, -0.2) is 0 Å². The minimum absolute atomic E-state index is 0.0344. The summed E-state index contributed by atoms with van der Waals surface area (Å²) in [5.41, 5.74) is 2.80. The largest absolute Gasteiger partial charge is 0.492 e. The van der Waals surface area contributed by atoms with Crippen molar-refractivity contribution in [1.82, 2.24) is 0 Å². The average molecular weight is 455 g/mol. The van der Waals surface area contributed by atoms with Crippen LogP contribution in [0.15, 0.2) is 48.5 Å². The average Bonchev–Trinajstić information content (AvgIpc) is 3.09. The van der Waals surface area contributed by atoms with Crippen LogP contribution < -0.4 is 15.0 Å². The molecule has 0 radical (unpaired) electrons. The molecule has 3 rings (SSSR count). The SMILES string of the molecule is CCOc1ccccc1N1C(=O)CS[C@H]1c1ccc(NC(=O)C[C@@H](C)CC(C)(C)C)cc1. The molecule has 32 heavy (non-hydrogen) atoms. The Hall–Kier alpha value is -2.47. The molecule has 0 aromatic heterocycles. The van der Waals surface area contributed by atoms with E-state index in [0.29, 0.717) is 30.4 Å². The molecule has 0 bridgehead atoms. The van der Waals surface area contributed by atoms with E-state index in [1.807, 2.05) is 60.4 Å². The van der Waals surface area contributed by atoms with Gasteiger partial charge in [-0.05, 0) is 54.5 Å². The van der Waals surface area contributed by atoms with Crippen LogP contribution in [0.2, 0.25) is 0 Å². The topological polar surface area (TPSA) is 58.6 Å². The highest BCUT2D eigenvalue weighted by atomic mass is 32.2. The first-order valence-corrected chi connectivity index (χ1v) is 12.3. The first-order valence-electron chi connectivity index (χ1n) is 11.2. The molecule has 0 unspecified atom stereocenters. The molecule has 0 aliphatic carbocycles. The monoisotopic (exact) mass is 454 g/mol. The predicted octanol–water partition coefficient (Wildman–Crippen LogP) is 6.26. The number of anilines is 2. The van der Waals surface area contributed by atoms with Gasteiger partial charge in [0.2, 0.25) is 11.8 Å². The third-order valence-electron chi connectivity index (χ3n) is 5.27. The number of nitrogens with one attached hydrogen (secondary N) is 1. The minimum Gasteiger partial charge on any atom is -0.492 e. The summed E-state index contributed by atoms with van der Waals surface area (Å²) in [6.45, 7) is 11.2. The lowest BCUT2D eigenvalue weighted by molar-refractivity contribution is -0.117. The Balaban J connectivity index is 1.70. The van der Waals surface area contributed by atoms with E-state index in [2.05, 4.69) is 33.0 Å². The number of benzene rings is 2. The van der Waals surface area contributed by atoms with Crippen molar-refractivity contribution in [3.63, 3.8) is 0 Å². The Morgan fingerprint density at radius 3 is 2.53 bits per heavy atom. The number of para-hydroxylation sites is 2. The molecule has 2 aromatic carbocycles. The summed E-state index contributed by atoms with van der Waals surface area (Å²) in [4.78, 5) is 27.0. The minimum atomic E-state index is -0.124. The zero-order valence-electron chi connectivity index (χ0n) is 19.7. The molecule has 1 heterocycles. The maximum atomic E-state index is 12.7. The number of ether oxygens (including phenoxy) is 1. The lowest BCUT2D eigenvalue weighted by atomic mass is 9.84. The van der Waals surface area contributed by atoms with Crippen LogP contribution in [0.3, 0.4) is 0 Å². The molecule has 1 aliphatic heterocycles. The molecule has 1 N–H and O–H groups in total. The molecule has 0 spiro atoms. The summed E-state index contributed by atoms with van der Waals surface area (Å²) in [6.07, 6.45) is 1.51. The highest BCUT2D eigenvalue weighted by Gasteiger charge is 2.35. The number of nitrogens with zero attached hydrogens (tertiary/aromatic N) is 1. The van der Waals surface area contributed by atoms with E-state index in [1.54, 1.807) is 11.8 Å². The Morgan fingerprint density at radius 1 is 1.19 bits per heavy atom. The fourth-order valence-corrected chi connectivity index (χ4v) is 5.41. The number of hydrogen-bond donors (Lipinski definition) is 1. The number of carbonyl (C=O) groups excluding carboxylic acids is 2. The van der Waals surface area contributed by atoms with E-state index >= 15 is 0 Å². The highest BCUT2D eigenvalue weighted by Crippen LogP contribution is 2.44. The summed E-state index contributed by atoms with van der Waals surface area (Å²) < 4.78 is 5.76. The number of carbonyl (C=O) groups is 2. The van der Waals surface area contributed by atoms with Gasteiger partial charge in [-0.1, -0.05) is 52.0 Å². The highest BCUT2D eigenvalue weighted by molar-refractivity contribution is 8.00.